The highest BCUT2D eigenvalue weighted by Crippen LogP contribution is 2.34. The number of benzene rings is 1. The molecule has 0 radical (unpaired) electrons. The summed E-state index contributed by atoms with van der Waals surface area (Å²) < 4.78 is 9.86. The molecule has 1 aliphatic carbocycles. The SMILES string of the molecule is O=C(O)C[C@@](O)(CC(=O)O[C@@H]1C[C@@](O)(C(=O)O)C[C@@H](OC(=O)/C=C/c2ccc(O)c(O)c2)[C@@H]1O)C(=O)O. The van der Waals surface area contributed by atoms with E-state index in [1.165, 1.54) is 6.07 Å². The van der Waals surface area contributed by atoms with Crippen LogP contribution in [0.4, 0.5) is 0 Å². The molecule has 0 spiro atoms. The fraction of sp³-hybridized carbons (Fsp3) is 0.409. The minimum Gasteiger partial charge on any atom is -0.504 e. The van der Waals surface area contributed by atoms with Gasteiger partial charge in [0.05, 0.1) is 12.8 Å². The van der Waals surface area contributed by atoms with Gasteiger partial charge >= 0.3 is 29.8 Å². The van der Waals surface area contributed by atoms with Crippen molar-refractivity contribution in [2.75, 3.05) is 0 Å². The summed E-state index contributed by atoms with van der Waals surface area (Å²) in [7, 11) is 0. The van der Waals surface area contributed by atoms with Gasteiger partial charge in [0.25, 0.3) is 0 Å². The molecular weight excluding hydrogens is 504 g/mol. The lowest BCUT2D eigenvalue weighted by Crippen LogP contribution is -2.58. The smallest absolute Gasteiger partial charge is 0.336 e. The van der Waals surface area contributed by atoms with E-state index in [1.54, 1.807) is 0 Å². The number of phenolic OH excluding ortho intramolecular Hbond substituents is 2. The van der Waals surface area contributed by atoms with Crippen LogP contribution in [0.5, 0.6) is 11.5 Å². The van der Waals surface area contributed by atoms with E-state index in [4.69, 9.17) is 19.7 Å². The minimum absolute atomic E-state index is 0.248. The van der Waals surface area contributed by atoms with Gasteiger partial charge in [0.1, 0.15) is 18.3 Å². The van der Waals surface area contributed by atoms with Crippen LogP contribution in [0.2, 0.25) is 0 Å². The molecule has 1 saturated carbocycles. The molecule has 1 fully saturated rings. The van der Waals surface area contributed by atoms with Gasteiger partial charge in [0.2, 0.25) is 0 Å². The predicted octanol–water partition coefficient (Wildman–Crippen LogP) is -1.41. The predicted molar refractivity (Wildman–Crippen MR) is 116 cm³/mol. The first-order valence-electron chi connectivity index (χ1n) is 10.5. The van der Waals surface area contributed by atoms with Gasteiger partial charge in [-0.15, -0.1) is 0 Å². The van der Waals surface area contributed by atoms with Crippen molar-refractivity contribution in [3.8, 4) is 11.5 Å². The molecule has 15 heteroatoms. The number of esters is 2. The Balaban J connectivity index is 2.18. The van der Waals surface area contributed by atoms with Gasteiger partial charge in [-0.2, -0.15) is 0 Å². The average Bonchev–Trinajstić information content (AvgIpc) is 2.77. The lowest BCUT2D eigenvalue weighted by Gasteiger charge is -2.40. The lowest BCUT2D eigenvalue weighted by atomic mass is 9.79. The summed E-state index contributed by atoms with van der Waals surface area (Å²) in [5, 5.41) is 77.0. The van der Waals surface area contributed by atoms with E-state index < -0.39 is 96.5 Å². The maximum absolute atomic E-state index is 12.2. The number of aliphatic hydroxyl groups excluding tert-OH is 1. The third-order valence-electron chi connectivity index (χ3n) is 5.48. The zero-order chi connectivity index (χ0) is 28.1. The summed E-state index contributed by atoms with van der Waals surface area (Å²) >= 11 is 0. The number of carboxylic acids is 3. The molecule has 1 aromatic carbocycles. The molecule has 0 bridgehead atoms. The van der Waals surface area contributed by atoms with Crippen LogP contribution < -0.4 is 0 Å². The Morgan fingerprint density at radius 2 is 1.57 bits per heavy atom. The molecule has 0 heterocycles. The van der Waals surface area contributed by atoms with Crippen molar-refractivity contribution >= 4 is 35.9 Å². The lowest BCUT2D eigenvalue weighted by molar-refractivity contribution is -0.207. The Bertz CT molecular complexity index is 1110. The number of aliphatic hydroxyl groups is 3. The van der Waals surface area contributed by atoms with Crippen LogP contribution in [0.15, 0.2) is 24.3 Å². The number of hydrogen-bond acceptors (Lipinski definition) is 12. The molecule has 2 rings (SSSR count). The Hall–Kier alpha value is -4.21. The van der Waals surface area contributed by atoms with Crippen molar-refractivity contribution in [1.29, 1.82) is 0 Å². The molecule has 0 aromatic heterocycles. The zero-order valence-electron chi connectivity index (χ0n) is 18.9. The quantitative estimate of drug-likeness (QED) is 0.0984. The highest BCUT2D eigenvalue weighted by Gasteiger charge is 2.53. The maximum atomic E-state index is 12.2. The fourth-order valence-corrected chi connectivity index (χ4v) is 3.54. The monoisotopic (exact) mass is 528 g/mol. The minimum atomic E-state index is -3.08. The first kappa shape index (κ1) is 29.0. The van der Waals surface area contributed by atoms with Crippen molar-refractivity contribution in [2.24, 2.45) is 0 Å². The summed E-state index contributed by atoms with van der Waals surface area (Å²) in [5.74, 6) is -9.20. The molecule has 1 aromatic rings. The van der Waals surface area contributed by atoms with Crippen molar-refractivity contribution < 1.29 is 74.3 Å². The van der Waals surface area contributed by atoms with Crippen LogP contribution in [0.3, 0.4) is 0 Å². The number of phenols is 2. The molecule has 0 aliphatic heterocycles. The normalized spacial score (nSPS) is 25.1. The van der Waals surface area contributed by atoms with E-state index in [9.17, 15) is 54.6 Å². The number of hydrogen-bond donors (Lipinski definition) is 8. The number of ether oxygens (including phenoxy) is 2. The second-order valence-electron chi connectivity index (χ2n) is 8.40. The largest absolute Gasteiger partial charge is 0.504 e. The maximum Gasteiger partial charge on any atom is 0.336 e. The van der Waals surface area contributed by atoms with Crippen LogP contribution in [-0.4, -0.2) is 100 Å². The van der Waals surface area contributed by atoms with Gasteiger partial charge in [-0.25, -0.2) is 14.4 Å². The highest BCUT2D eigenvalue weighted by atomic mass is 16.6. The number of carboxylic acid groups (broad SMARTS) is 3. The van der Waals surface area contributed by atoms with Gasteiger partial charge in [-0.05, 0) is 23.8 Å². The highest BCUT2D eigenvalue weighted by molar-refractivity contribution is 5.89. The number of aromatic hydroxyl groups is 2. The Labute approximate surface area is 207 Å². The van der Waals surface area contributed by atoms with Gasteiger partial charge < -0.3 is 50.3 Å². The van der Waals surface area contributed by atoms with E-state index in [-0.39, 0.29) is 5.56 Å². The van der Waals surface area contributed by atoms with E-state index in [1.807, 2.05) is 0 Å². The van der Waals surface area contributed by atoms with Gasteiger partial charge in [-0.1, -0.05) is 6.07 Å². The van der Waals surface area contributed by atoms with Crippen molar-refractivity contribution in [3.05, 3.63) is 29.8 Å². The van der Waals surface area contributed by atoms with Crippen molar-refractivity contribution in [2.45, 2.75) is 55.2 Å². The Kier molecular flexibility index (Phi) is 8.81. The van der Waals surface area contributed by atoms with Gasteiger partial charge in [0, 0.05) is 18.9 Å². The summed E-state index contributed by atoms with van der Waals surface area (Å²) in [6.45, 7) is 0. The Morgan fingerprint density at radius 3 is 2.08 bits per heavy atom. The molecule has 0 amide bonds. The summed E-state index contributed by atoms with van der Waals surface area (Å²) in [4.78, 5) is 58.1. The van der Waals surface area contributed by atoms with Crippen molar-refractivity contribution in [3.63, 3.8) is 0 Å². The van der Waals surface area contributed by atoms with Crippen LogP contribution in [0, 0.1) is 0 Å². The first-order valence-corrected chi connectivity index (χ1v) is 10.5. The standard InChI is InChI=1S/C22H24O15/c23-11-3-1-10(5-12(11)24)2-4-16(27)36-13-6-21(34,19(30)31)7-14(18(13)29)37-17(28)9-22(35,20(32)33)8-15(25)26/h1-5,13-14,18,23-24,29,34-35H,6-9H2,(H,25,26)(H,30,31)(H,32,33)/b4-2+/t13-,14-,18+,21-,22-/m1/s1. The second kappa shape index (κ2) is 11.2. The number of carbonyl (C=O) groups excluding carboxylic acids is 2. The summed E-state index contributed by atoms with van der Waals surface area (Å²) in [5.41, 5.74) is -5.49. The van der Waals surface area contributed by atoms with Crippen molar-refractivity contribution in [1.82, 2.24) is 0 Å². The molecule has 0 unspecified atom stereocenters. The average molecular weight is 528 g/mol. The topological polar surface area (TPSA) is 266 Å². The third kappa shape index (κ3) is 7.39. The van der Waals surface area contributed by atoms with Crippen LogP contribution >= 0.6 is 0 Å². The van der Waals surface area contributed by atoms with Crippen LogP contribution in [0.25, 0.3) is 6.08 Å². The van der Waals surface area contributed by atoms with Crippen LogP contribution in [-0.2, 0) is 33.4 Å². The molecule has 1 aliphatic rings. The summed E-state index contributed by atoms with van der Waals surface area (Å²) in [6.07, 6.45) is -8.04. The van der Waals surface area contributed by atoms with Crippen LogP contribution in [0.1, 0.15) is 31.2 Å². The van der Waals surface area contributed by atoms with E-state index in [0.29, 0.717) is 0 Å². The number of rotatable bonds is 10. The fourth-order valence-electron chi connectivity index (χ4n) is 3.54. The van der Waals surface area contributed by atoms with E-state index in [0.717, 1.165) is 24.3 Å². The molecule has 0 saturated heterocycles. The van der Waals surface area contributed by atoms with E-state index >= 15 is 0 Å². The molecular formula is C22H24O15. The number of aliphatic carboxylic acids is 3. The van der Waals surface area contributed by atoms with E-state index in [2.05, 4.69) is 0 Å². The zero-order valence-corrected chi connectivity index (χ0v) is 18.9. The molecule has 202 valence electrons. The first-order chi connectivity index (χ1) is 17.1. The summed E-state index contributed by atoms with van der Waals surface area (Å²) in [6, 6.07) is 3.57. The third-order valence-corrected chi connectivity index (χ3v) is 5.48. The second-order valence-corrected chi connectivity index (χ2v) is 8.40. The Morgan fingerprint density at radius 1 is 0.973 bits per heavy atom. The molecule has 15 nitrogen and oxygen atoms in total. The molecule has 37 heavy (non-hydrogen) atoms. The number of carbonyl (C=O) groups is 5. The van der Waals surface area contributed by atoms with Gasteiger partial charge in [0.15, 0.2) is 22.7 Å². The molecule has 5 atom stereocenters. The van der Waals surface area contributed by atoms with Gasteiger partial charge in [-0.3, -0.25) is 9.59 Å². The molecule has 8 N–H and O–H groups in total.